The van der Waals surface area contributed by atoms with Gasteiger partial charge in [-0.25, -0.2) is 0 Å². The molecule has 0 bridgehead atoms. The maximum Gasteiger partial charge on any atom is 4.00 e. The molecule has 0 aliphatic carbocycles. The molecular weight excluding hydrogens is 211 g/mol. The normalized spacial score (nSPS) is 4.91. The topological polar surface area (TPSA) is 0 Å². The van der Waals surface area contributed by atoms with Gasteiger partial charge in [-0.3, -0.25) is 0 Å². The molecule has 0 aromatic carbocycles. The van der Waals surface area contributed by atoms with Crippen molar-refractivity contribution in [1.82, 2.24) is 0 Å². The van der Waals surface area contributed by atoms with Crippen LogP contribution in [0.25, 0.3) is 0 Å². The summed E-state index contributed by atoms with van der Waals surface area (Å²) in [5, 5.41) is 0. The summed E-state index contributed by atoms with van der Waals surface area (Å²) in [4.78, 5) is 0. The number of hydrogen-bond donors (Lipinski definition) is 0. The van der Waals surface area contributed by atoms with Gasteiger partial charge in [-0.05, 0) is 0 Å². The molecule has 0 N–H and O–H groups in total. The minimum Gasteiger partial charge on any atom is -0.346 e. The fraction of sp³-hybridized carbons (Fsp3) is 0.600. The first-order chi connectivity index (χ1) is 4.73. The van der Waals surface area contributed by atoms with Gasteiger partial charge in [0.1, 0.15) is 0 Å². The second-order valence-electron chi connectivity index (χ2n) is 1.39. The van der Waals surface area contributed by atoms with Crippen molar-refractivity contribution in [3.05, 3.63) is 27.7 Å². The van der Waals surface area contributed by atoms with Crippen molar-refractivity contribution >= 4 is 0 Å². The zero-order valence-corrected chi connectivity index (χ0v) is 11.4. The summed E-state index contributed by atoms with van der Waals surface area (Å²) >= 11 is 0. The molecule has 0 spiro atoms. The van der Waals surface area contributed by atoms with Crippen molar-refractivity contribution in [2.45, 2.75) is 34.6 Å². The van der Waals surface area contributed by atoms with E-state index in [0.717, 1.165) is 0 Å². The average molecular weight is 236 g/mol. The molecular formula is C10H24Zr. The van der Waals surface area contributed by atoms with E-state index in [1.54, 1.807) is 20.8 Å². The molecule has 0 aromatic heterocycles. The van der Waals surface area contributed by atoms with Crippen LogP contribution < -0.4 is 0 Å². The van der Waals surface area contributed by atoms with E-state index in [-0.39, 0.29) is 26.2 Å². The van der Waals surface area contributed by atoms with Crippen LogP contribution in [0.4, 0.5) is 0 Å². The summed E-state index contributed by atoms with van der Waals surface area (Å²) in [6, 6.07) is 0. The maximum atomic E-state index is 3.64. The molecule has 68 valence electrons. The SMILES string of the molecule is [CH2-]C.[CH2-]C.[CH2-]C.[CH2-]C(C)C.[Zr+4]. The third-order valence-electron chi connectivity index (χ3n) is 0. The standard InChI is InChI=1S/C4H9.3C2H5.Zr/c1-4(2)3;3*1-2;/h4H,1H2,2-3H3;3*1H2,2H3;/q4*-1;+4. The molecule has 0 nitrogen and oxygen atoms in total. The van der Waals surface area contributed by atoms with Crippen LogP contribution in [0.2, 0.25) is 0 Å². The van der Waals surface area contributed by atoms with Gasteiger partial charge in [0.25, 0.3) is 0 Å². The van der Waals surface area contributed by atoms with Crippen molar-refractivity contribution in [3.8, 4) is 0 Å². The molecule has 0 aromatic rings. The van der Waals surface area contributed by atoms with E-state index in [0.29, 0.717) is 5.92 Å². The van der Waals surface area contributed by atoms with E-state index in [4.69, 9.17) is 0 Å². The first-order valence-electron chi connectivity index (χ1n) is 3.68. The Morgan fingerprint density at radius 1 is 0.727 bits per heavy atom. The molecule has 0 aliphatic rings. The number of hydrogen-bond acceptors (Lipinski definition) is 0. The van der Waals surface area contributed by atoms with Crippen molar-refractivity contribution < 1.29 is 26.2 Å². The predicted octanol–water partition coefficient (Wildman–Crippen LogP) is 4.00. The van der Waals surface area contributed by atoms with E-state index in [1.807, 2.05) is 0 Å². The Hall–Kier alpha value is 0.883. The zero-order valence-electron chi connectivity index (χ0n) is 8.91. The quantitative estimate of drug-likeness (QED) is 0.557. The van der Waals surface area contributed by atoms with Crippen LogP contribution in [0.15, 0.2) is 0 Å². The minimum absolute atomic E-state index is 0. The van der Waals surface area contributed by atoms with E-state index in [9.17, 15) is 0 Å². The van der Waals surface area contributed by atoms with Crippen LogP contribution in [0.5, 0.6) is 0 Å². The van der Waals surface area contributed by atoms with Gasteiger partial charge >= 0.3 is 26.2 Å². The second-order valence-corrected chi connectivity index (χ2v) is 1.39. The van der Waals surface area contributed by atoms with Crippen molar-refractivity contribution in [2.24, 2.45) is 5.92 Å². The summed E-state index contributed by atoms with van der Waals surface area (Å²) < 4.78 is 0. The molecule has 0 fully saturated rings. The molecule has 0 atom stereocenters. The van der Waals surface area contributed by atoms with Crippen LogP contribution in [0.1, 0.15) is 34.6 Å². The molecule has 1 heteroatoms. The predicted molar refractivity (Wildman–Crippen MR) is 53.3 cm³/mol. The molecule has 0 saturated heterocycles. The fourth-order valence-electron chi connectivity index (χ4n) is 0. The summed E-state index contributed by atoms with van der Waals surface area (Å²) in [7, 11) is 0. The van der Waals surface area contributed by atoms with Crippen LogP contribution in [0, 0.1) is 33.6 Å². The van der Waals surface area contributed by atoms with Crippen LogP contribution in [0.3, 0.4) is 0 Å². The molecule has 11 heavy (non-hydrogen) atoms. The summed E-state index contributed by atoms with van der Waals surface area (Å²) in [6.45, 7) is 22.8. The fourth-order valence-corrected chi connectivity index (χ4v) is 0. The van der Waals surface area contributed by atoms with Crippen molar-refractivity contribution in [1.29, 1.82) is 0 Å². The summed E-state index contributed by atoms with van der Waals surface area (Å²) in [6.07, 6.45) is 0. The Labute approximate surface area is 94.3 Å². The molecule has 0 amide bonds. The Balaban J connectivity index is -0.0000000152. The van der Waals surface area contributed by atoms with Crippen LogP contribution in [-0.4, -0.2) is 0 Å². The van der Waals surface area contributed by atoms with Gasteiger partial charge in [-0.2, -0.15) is 26.7 Å². The van der Waals surface area contributed by atoms with Crippen LogP contribution >= 0.6 is 0 Å². The van der Waals surface area contributed by atoms with E-state index in [2.05, 4.69) is 41.5 Å². The Morgan fingerprint density at radius 2 is 0.727 bits per heavy atom. The van der Waals surface area contributed by atoms with Gasteiger partial charge in [0.05, 0.1) is 0 Å². The molecule has 0 saturated carbocycles. The van der Waals surface area contributed by atoms with E-state index >= 15 is 0 Å². The summed E-state index contributed by atoms with van der Waals surface area (Å²) in [5.41, 5.74) is 0. The van der Waals surface area contributed by atoms with Crippen molar-refractivity contribution in [3.63, 3.8) is 0 Å². The van der Waals surface area contributed by atoms with E-state index in [1.165, 1.54) is 0 Å². The van der Waals surface area contributed by atoms with Crippen LogP contribution in [-0.2, 0) is 26.2 Å². The van der Waals surface area contributed by atoms with E-state index < -0.39 is 0 Å². The number of rotatable bonds is 0. The Bertz CT molecular complexity index is 9.59. The molecule has 0 heterocycles. The van der Waals surface area contributed by atoms with Gasteiger partial charge in [0.2, 0.25) is 0 Å². The van der Waals surface area contributed by atoms with Gasteiger partial charge in [0.15, 0.2) is 0 Å². The molecule has 0 aliphatic heterocycles. The monoisotopic (exact) mass is 234 g/mol. The van der Waals surface area contributed by atoms with Gasteiger partial charge < -0.3 is 27.7 Å². The van der Waals surface area contributed by atoms with Gasteiger partial charge in [-0.1, -0.05) is 13.8 Å². The maximum absolute atomic E-state index is 3.64. The second kappa shape index (κ2) is 70.5. The molecule has 0 radical (unpaired) electrons. The zero-order chi connectivity index (χ0) is 9.58. The molecule has 0 unspecified atom stereocenters. The smallest absolute Gasteiger partial charge is 0.346 e. The average Bonchev–Trinajstić information content (AvgIpc) is 1.98. The minimum atomic E-state index is 0. The molecule has 0 rings (SSSR count). The Kier molecular flexibility index (Phi) is 190. The largest absolute Gasteiger partial charge is 4.00 e. The Morgan fingerprint density at radius 3 is 0.727 bits per heavy atom. The van der Waals surface area contributed by atoms with Gasteiger partial charge in [0, 0.05) is 0 Å². The van der Waals surface area contributed by atoms with Crippen molar-refractivity contribution in [2.75, 3.05) is 0 Å². The van der Waals surface area contributed by atoms with Gasteiger partial charge in [-0.15, -0.1) is 0 Å². The first-order valence-corrected chi connectivity index (χ1v) is 3.68. The first kappa shape index (κ1) is 29.7. The summed E-state index contributed by atoms with van der Waals surface area (Å²) in [5.74, 6) is 0.583. The third kappa shape index (κ3) is 1100. The third-order valence-corrected chi connectivity index (χ3v) is 0.